The van der Waals surface area contributed by atoms with E-state index in [2.05, 4.69) is 29.6 Å². The van der Waals surface area contributed by atoms with Gasteiger partial charge in [-0.05, 0) is 54.0 Å². The van der Waals surface area contributed by atoms with E-state index in [1.54, 1.807) is 14.2 Å². The first-order chi connectivity index (χ1) is 14.2. The van der Waals surface area contributed by atoms with Gasteiger partial charge in [0.2, 0.25) is 0 Å². The molecule has 2 aromatic rings. The summed E-state index contributed by atoms with van der Waals surface area (Å²) in [5.41, 5.74) is 3.56. The Morgan fingerprint density at radius 2 is 1.69 bits per heavy atom. The zero-order valence-corrected chi connectivity index (χ0v) is 17.3. The van der Waals surface area contributed by atoms with Crippen LogP contribution in [0.25, 0.3) is 0 Å². The fourth-order valence-corrected chi connectivity index (χ4v) is 4.71. The molecule has 5 heteroatoms. The predicted molar refractivity (Wildman–Crippen MR) is 113 cm³/mol. The van der Waals surface area contributed by atoms with Gasteiger partial charge in [0.25, 0.3) is 0 Å². The van der Waals surface area contributed by atoms with Crippen molar-refractivity contribution in [2.45, 2.75) is 44.7 Å². The Morgan fingerprint density at radius 3 is 2.34 bits per heavy atom. The predicted octanol–water partition coefficient (Wildman–Crippen LogP) is 4.70. The van der Waals surface area contributed by atoms with Crippen molar-refractivity contribution < 1.29 is 14.3 Å². The molecule has 4 rings (SSSR count). The van der Waals surface area contributed by atoms with Crippen molar-refractivity contribution in [3.8, 4) is 11.5 Å². The van der Waals surface area contributed by atoms with Crippen LogP contribution >= 0.6 is 0 Å². The third-order valence-electron chi connectivity index (χ3n) is 6.31. The van der Waals surface area contributed by atoms with Crippen LogP contribution in [0.3, 0.4) is 0 Å². The number of carbonyl (C=O) groups is 1. The molecule has 0 spiro atoms. The monoisotopic (exact) mass is 394 g/mol. The quantitative estimate of drug-likeness (QED) is 0.799. The van der Waals surface area contributed by atoms with Gasteiger partial charge >= 0.3 is 6.03 Å². The number of hydrogen-bond donors (Lipinski definition) is 1. The van der Waals surface area contributed by atoms with E-state index in [0.717, 1.165) is 17.7 Å². The molecule has 1 heterocycles. The second-order valence-electron chi connectivity index (χ2n) is 8.03. The molecule has 1 aliphatic heterocycles. The third-order valence-corrected chi connectivity index (χ3v) is 6.31. The van der Waals surface area contributed by atoms with E-state index >= 15 is 0 Å². The van der Waals surface area contributed by atoms with Crippen LogP contribution in [0.1, 0.15) is 48.4 Å². The molecule has 1 atom stereocenters. The Kier molecular flexibility index (Phi) is 5.93. The summed E-state index contributed by atoms with van der Waals surface area (Å²) >= 11 is 0. The van der Waals surface area contributed by atoms with Crippen LogP contribution in [0.2, 0.25) is 0 Å². The molecule has 1 aliphatic carbocycles. The first-order valence-electron chi connectivity index (χ1n) is 10.5. The number of nitrogens with one attached hydrogen (secondary N) is 1. The van der Waals surface area contributed by atoms with E-state index in [1.165, 1.54) is 36.8 Å². The third kappa shape index (κ3) is 4.19. The number of amides is 2. The van der Waals surface area contributed by atoms with Crippen LogP contribution in [-0.2, 0) is 13.0 Å². The topological polar surface area (TPSA) is 50.8 Å². The van der Waals surface area contributed by atoms with Gasteiger partial charge in [-0.3, -0.25) is 0 Å². The Morgan fingerprint density at radius 1 is 1.03 bits per heavy atom. The van der Waals surface area contributed by atoms with Crippen molar-refractivity contribution in [1.82, 2.24) is 10.2 Å². The first kappa shape index (κ1) is 19.6. The van der Waals surface area contributed by atoms with Crippen LogP contribution in [0.4, 0.5) is 4.79 Å². The van der Waals surface area contributed by atoms with Crippen molar-refractivity contribution in [2.24, 2.45) is 5.92 Å². The highest BCUT2D eigenvalue weighted by Crippen LogP contribution is 2.36. The van der Waals surface area contributed by atoms with Crippen molar-refractivity contribution in [1.29, 1.82) is 0 Å². The molecule has 0 radical (unpaired) electrons. The van der Waals surface area contributed by atoms with E-state index in [0.29, 0.717) is 24.8 Å². The number of fused-ring (bicyclic) bond motifs is 1. The minimum absolute atomic E-state index is 0.0196. The van der Waals surface area contributed by atoms with E-state index in [-0.39, 0.29) is 12.1 Å². The molecule has 154 valence electrons. The number of nitrogens with zero attached hydrogens (tertiary/aromatic N) is 1. The lowest BCUT2D eigenvalue weighted by atomic mass is 9.91. The summed E-state index contributed by atoms with van der Waals surface area (Å²) in [6.45, 7) is 1.30. The van der Waals surface area contributed by atoms with Gasteiger partial charge in [-0.15, -0.1) is 0 Å². The van der Waals surface area contributed by atoms with E-state index in [4.69, 9.17) is 9.47 Å². The molecular weight excluding hydrogens is 364 g/mol. The van der Waals surface area contributed by atoms with Crippen molar-refractivity contribution in [2.75, 3.05) is 20.8 Å². The number of methoxy groups -OCH3 is 2. The second kappa shape index (κ2) is 8.76. The zero-order chi connectivity index (χ0) is 20.2. The Hall–Kier alpha value is -2.69. The van der Waals surface area contributed by atoms with Crippen molar-refractivity contribution >= 4 is 6.03 Å². The molecule has 1 N–H and O–H groups in total. The summed E-state index contributed by atoms with van der Waals surface area (Å²) in [4.78, 5) is 15.1. The molecule has 1 saturated carbocycles. The Labute approximate surface area is 173 Å². The van der Waals surface area contributed by atoms with E-state index in [1.807, 2.05) is 23.1 Å². The number of carbonyl (C=O) groups excluding carboxylic acids is 1. The van der Waals surface area contributed by atoms with Gasteiger partial charge in [-0.25, -0.2) is 4.79 Å². The number of hydrogen-bond acceptors (Lipinski definition) is 3. The first-order valence-corrected chi connectivity index (χ1v) is 10.5. The molecule has 1 fully saturated rings. The molecule has 2 amide bonds. The second-order valence-corrected chi connectivity index (χ2v) is 8.03. The number of urea groups is 1. The summed E-state index contributed by atoms with van der Waals surface area (Å²) in [5.74, 6) is 1.97. The Bertz CT molecular complexity index is 847. The smallest absolute Gasteiger partial charge is 0.318 e. The van der Waals surface area contributed by atoms with Gasteiger partial charge in [0, 0.05) is 13.1 Å². The van der Waals surface area contributed by atoms with Crippen molar-refractivity contribution in [3.05, 3.63) is 59.2 Å². The fraction of sp³-hybridized carbons (Fsp3) is 0.458. The molecule has 2 aliphatic rings. The molecule has 0 saturated heterocycles. The Balaban J connectivity index is 1.50. The summed E-state index contributed by atoms with van der Waals surface area (Å²) in [6.07, 6.45) is 5.69. The zero-order valence-electron chi connectivity index (χ0n) is 17.3. The van der Waals surface area contributed by atoms with Gasteiger partial charge in [0.05, 0.1) is 20.3 Å². The maximum Gasteiger partial charge on any atom is 0.318 e. The maximum absolute atomic E-state index is 13.2. The fourth-order valence-electron chi connectivity index (χ4n) is 4.71. The minimum Gasteiger partial charge on any atom is -0.493 e. The van der Waals surface area contributed by atoms with Crippen molar-refractivity contribution in [3.63, 3.8) is 0 Å². The molecular formula is C24H30N2O3. The number of ether oxygens (including phenoxy) is 2. The average Bonchev–Trinajstić information content (AvgIpc) is 3.31. The van der Waals surface area contributed by atoms with Gasteiger partial charge in [0.1, 0.15) is 0 Å². The summed E-state index contributed by atoms with van der Waals surface area (Å²) in [5, 5.41) is 3.36. The summed E-state index contributed by atoms with van der Waals surface area (Å²) in [7, 11) is 3.29. The molecule has 2 aromatic carbocycles. The van der Waals surface area contributed by atoms with Gasteiger partial charge in [-0.2, -0.15) is 0 Å². The van der Waals surface area contributed by atoms with Crippen LogP contribution < -0.4 is 14.8 Å². The van der Waals surface area contributed by atoms with Crippen LogP contribution in [0.5, 0.6) is 11.5 Å². The lowest BCUT2D eigenvalue weighted by Crippen LogP contribution is -2.45. The van der Waals surface area contributed by atoms with Gasteiger partial charge in [0.15, 0.2) is 11.5 Å². The number of rotatable bonds is 5. The molecule has 5 nitrogen and oxygen atoms in total. The maximum atomic E-state index is 13.2. The summed E-state index contributed by atoms with van der Waals surface area (Å²) in [6, 6.07) is 14.5. The normalized spacial score (nSPS) is 17.5. The van der Waals surface area contributed by atoms with E-state index in [9.17, 15) is 4.79 Å². The van der Waals surface area contributed by atoms with Crippen LogP contribution in [0.15, 0.2) is 42.5 Å². The summed E-state index contributed by atoms with van der Waals surface area (Å²) < 4.78 is 10.9. The lowest BCUT2D eigenvalue weighted by Gasteiger charge is -2.33. The standard InChI is InChI=1S/C24H30N2O3/c1-28-21-14-19-12-13-26(16-20(19)15-22(21)29-2)24(27)25-23(18-10-6-7-11-18)17-8-4-3-5-9-17/h3-5,8-9,14-15,18,23H,6-7,10-13,16H2,1-2H3,(H,25,27). The molecule has 0 aromatic heterocycles. The highest BCUT2D eigenvalue weighted by molar-refractivity contribution is 5.75. The lowest BCUT2D eigenvalue weighted by molar-refractivity contribution is 0.183. The molecule has 29 heavy (non-hydrogen) atoms. The molecule has 1 unspecified atom stereocenters. The van der Waals surface area contributed by atoms with Gasteiger partial charge < -0.3 is 19.7 Å². The largest absolute Gasteiger partial charge is 0.493 e. The van der Waals surface area contributed by atoms with Crippen LogP contribution in [0, 0.1) is 5.92 Å². The minimum atomic E-state index is 0.0196. The van der Waals surface area contributed by atoms with Crippen LogP contribution in [-0.4, -0.2) is 31.7 Å². The average molecular weight is 395 g/mol. The SMILES string of the molecule is COc1cc2c(cc1OC)CN(C(=O)NC(c1ccccc1)C1CCCC1)CC2. The van der Waals surface area contributed by atoms with Gasteiger partial charge in [-0.1, -0.05) is 43.2 Å². The molecule has 0 bridgehead atoms. The number of benzene rings is 2. The highest BCUT2D eigenvalue weighted by Gasteiger charge is 2.30. The highest BCUT2D eigenvalue weighted by atomic mass is 16.5. The van der Waals surface area contributed by atoms with E-state index < -0.39 is 0 Å².